The van der Waals surface area contributed by atoms with E-state index in [1.54, 1.807) is 24.3 Å². The fourth-order valence-electron chi connectivity index (χ4n) is 1.98. The number of ether oxygens (including phenoxy) is 2. The van der Waals surface area contributed by atoms with Crippen LogP contribution in [0.3, 0.4) is 0 Å². The first kappa shape index (κ1) is 16.1. The Kier molecular flexibility index (Phi) is 5.66. The fraction of sp³-hybridized carbons (Fsp3) is 0.429. The van der Waals surface area contributed by atoms with Crippen LogP contribution in [0, 0.1) is 5.92 Å². The zero-order chi connectivity index (χ0) is 15.2. The molecule has 1 unspecified atom stereocenters. The van der Waals surface area contributed by atoms with Crippen molar-refractivity contribution in [3.05, 3.63) is 35.9 Å². The molecule has 0 saturated carbocycles. The Bertz CT molecular complexity index is 452. The topological polar surface area (TPSA) is 93.1 Å². The number of hydrogen-bond donors (Lipinski definition) is 2. The Morgan fingerprint density at radius 3 is 2.10 bits per heavy atom. The summed E-state index contributed by atoms with van der Waals surface area (Å²) >= 11 is 0. The van der Waals surface area contributed by atoms with Crippen molar-refractivity contribution in [3.63, 3.8) is 0 Å². The zero-order valence-corrected chi connectivity index (χ0v) is 11.4. The molecule has 1 atom stereocenters. The van der Waals surface area contributed by atoms with Crippen LogP contribution in [0.5, 0.6) is 0 Å². The van der Waals surface area contributed by atoms with Gasteiger partial charge >= 0.3 is 11.9 Å². The second-order valence-corrected chi connectivity index (χ2v) is 4.40. The smallest absolute Gasteiger partial charge is 0.364 e. The molecule has 0 spiro atoms. The van der Waals surface area contributed by atoms with E-state index in [1.807, 2.05) is 6.07 Å². The molecule has 0 aliphatic heterocycles. The third-order valence-electron chi connectivity index (χ3n) is 3.17. The first-order chi connectivity index (χ1) is 9.45. The number of aliphatic carboxylic acids is 2. The summed E-state index contributed by atoms with van der Waals surface area (Å²) in [7, 11) is 2.36. The van der Waals surface area contributed by atoms with E-state index in [-0.39, 0.29) is 12.8 Å². The summed E-state index contributed by atoms with van der Waals surface area (Å²) in [5.41, 5.74) is 0.811. The normalized spacial score (nSPS) is 12.9. The van der Waals surface area contributed by atoms with Crippen LogP contribution in [-0.4, -0.2) is 42.2 Å². The van der Waals surface area contributed by atoms with Gasteiger partial charge in [-0.1, -0.05) is 30.3 Å². The van der Waals surface area contributed by atoms with Crippen molar-refractivity contribution >= 4 is 11.9 Å². The van der Waals surface area contributed by atoms with Crippen LogP contribution >= 0.6 is 0 Å². The van der Waals surface area contributed by atoms with Crippen molar-refractivity contribution in [1.29, 1.82) is 0 Å². The van der Waals surface area contributed by atoms with Gasteiger partial charge in [-0.25, -0.2) is 4.79 Å². The molecule has 20 heavy (non-hydrogen) atoms. The lowest BCUT2D eigenvalue weighted by Crippen LogP contribution is -2.45. The summed E-state index contributed by atoms with van der Waals surface area (Å²) in [5.74, 6) is -5.30. The molecule has 0 aliphatic carbocycles. The van der Waals surface area contributed by atoms with Crippen molar-refractivity contribution in [2.45, 2.75) is 18.6 Å². The quantitative estimate of drug-likeness (QED) is 0.700. The van der Waals surface area contributed by atoms with Crippen molar-refractivity contribution in [3.8, 4) is 0 Å². The minimum absolute atomic E-state index is 0.206. The van der Waals surface area contributed by atoms with Gasteiger partial charge in [0.15, 0.2) is 0 Å². The molecule has 1 aromatic carbocycles. The Hall–Kier alpha value is -1.92. The largest absolute Gasteiger partial charge is 0.481 e. The molecule has 0 aliphatic rings. The summed E-state index contributed by atoms with van der Waals surface area (Å²) in [6, 6.07) is 9.00. The third kappa shape index (κ3) is 3.79. The molecule has 6 heteroatoms. The minimum Gasteiger partial charge on any atom is -0.481 e. The molecular formula is C14H18O6. The summed E-state index contributed by atoms with van der Waals surface area (Å²) in [4.78, 5) is 22.6. The maximum Gasteiger partial charge on any atom is 0.364 e. The van der Waals surface area contributed by atoms with Crippen LogP contribution in [0.4, 0.5) is 0 Å². The zero-order valence-electron chi connectivity index (χ0n) is 11.4. The molecule has 0 bridgehead atoms. The van der Waals surface area contributed by atoms with E-state index in [0.29, 0.717) is 0 Å². The second kappa shape index (κ2) is 7.02. The van der Waals surface area contributed by atoms with Crippen molar-refractivity contribution in [2.75, 3.05) is 14.2 Å². The second-order valence-electron chi connectivity index (χ2n) is 4.40. The minimum atomic E-state index is -1.95. The van der Waals surface area contributed by atoms with Crippen molar-refractivity contribution in [2.24, 2.45) is 5.92 Å². The molecule has 0 aromatic heterocycles. The van der Waals surface area contributed by atoms with E-state index in [2.05, 4.69) is 0 Å². The third-order valence-corrected chi connectivity index (χ3v) is 3.17. The number of carboxylic acids is 2. The van der Waals surface area contributed by atoms with Gasteiger partial charge in [-0.2, -0.15) is 0 Å². The molecule has 0 radical (unpaired) electrons. The highest BCUT2D eigenvalue weighted by Crippen LogP contribution is 2.25. The number of carbonyl (C=O) groups is 2. The van der Waals surface area contributed by atoms with Crippen LogP contribution in [0.25, 0.3) is 0 Å². The highest BCUT2D eigenvalue weighted by atomic mass is 16.7. The SMILES string of the molecule is COC(CC(Cc1ccccc1)C(=O)O)(OC)C(=O)O. The van der Waals surface area contributed by atoms with Gasteiger partial charge in [0.2, 0.25) is 0 Å². The highest BCUT2D eigenvalue weighted by molar-refractivity contribution is 5.78. The van der Waals surface area contributed by atoms with Crippen LogP contribution in [0.15, 0.2) is 30.3 Å². The molecule has 0 saturated heterocycles. The molecule has 0 heterocycles. The molecule has 0 amide bonds. The number of benzene rings is 1. The molecule has 110 valence electrons. The standard InChI is InChI=1S/C14H18O6/c1-19-14(20-2,13(17)18)9-11(12(15)16)8-10-6-4-3-5-7-10/h3-7,11H,8-9H2,1-2H3,(H,15,16)(H,17,18). The monoisotopic (exact) mass is 282 g/mol. The van der Waals surface area contributed by atoms with Gasteiger partial charge in [0, 0.05) is 20.6 Å². The lowest BCUT2D eigenvalue weighted by Gasteiger charge is -2.28. The van der Waals surface area contributed by atoms with E-state index in [4.69, 9.17) is 9.47 Å². The Balaban J connectivity index is 2.92. The van der Waals surface area contributed by atoms with Gasteiger partial charge in [0.25, 0.3) is 5.79 Å². The molecule has 0 fully saturated rings. The van der Waals surface area contributed by atoms with Crippen LogP contribution in [0.2, 0.25) is 0 Å². The number of hydrogen-bond acceptors (Lipinski definition) is 4. The first-order valence-corrected chi connectivity index (χ1v) is 6.05. The van der Waals surface area contributed by atoms with E-state index in [1.165, 1.54) is 14.2 Å². The summed E-state index contributed by atoms with van der Waals surface area (Å²) < 4.78 is 9.76. The fourth-order valence-corrected chi connectivity index (χ4v) is 1.98. The van der Waals surface area contributed by atoms with E-state index >= 15 is 0 Å². The van der Waals surface area contributed by atoms with Gasteiger partial charge in [-0.05, 0) is 12.0 Å². The van der Waals surface area contributed by atoms with Gasteiger partial charge < -0.3 is 19.7 Å². The van der Waals surface area contributed by atoms with Gasteiger partial charge in [-0.15, -0.1) is 0 Å². The molecule has 2 N–H and O–H groups in total. The van der Waals surface area contributed by atoms with E-state index in [0.717, 1.165) is 5.56 Å². The maximum absolute atomic E-state index is 11.3. The van der Waals surface area contributed by atoms with Crippen LogP contribution in [-0.2, 0) is 25.5 Å². The molecule has 1 aromatic rings. The maximum atomic E-state index is 11.3. The lowest BCUT2D eigenvalue weighted by molar-refractivity contribution is -0.232. The van der Waals surface area contributed by atoms with E-state index < -0.39 is 23.6 Å². The number of rotatable bonds is 8. The van der Waals surface area contributed by atoms with Crippen LogP contribution in [0.1, 0.15) is 12.0 Å². The van der Waals surface area contributed by atoms with Crippen molar-refractivity contribution in [1.82, 2.24) is 0 Å². The predicted molar refractivity (Wildman–Crippen MR) is 70.3 cm³/mol. The number of carboxylic acid groups (broad SMARTS) is 2. The predicted octanol–water partition coefficient (Wildman–Crippen LogP) is 1.39. The first-order valence-electron chi connectivity index (χ1n) is 6.05. The summed E-state index contributed by atoms with van der Waals surface area (Å²) in [6.45, 7) is 0. The van der Waals surface area contributed by atoms with Gasteiger partial charge in [-0.3, -0.25) is 4.79 Å². The van der Waals surface area contributed by atoms with Crippen molar-refractivity contribution < 1.29 is 29.3 Å². The number of methoxy groups -OCH3 is 2. The van der Waals surface area contributed by atoms with Crippen LogP contribution < -0.4 is 0 Å². The highest BCUT2D eigenvalue weighted by Gasteiger charge is 2.43. The summed E-state index contributed by atoms with van der Waals surface area (Å²) in [5, 5.41) is 18.4. The van der Waals surface area contributed by atoms with Gasteiger partial charge in [0.05, 0.1) is 5.92 Å². The molecular weight excluding hydrogens is 264 g/mol. The molecule has 1 rings (SSSR count). The lowest BCUT2D eigenvalue weighted by atomic mass is 9.92. The van der Waals surface area contributed by atoms with Gasteiger partial charge in [0.1, 0.15) is 0 Å². The van der Waals surface area contributed by atoms with E-state index in [9.17, 15) is 19.8 Å². The summed E-state index contributed by atoms with van der Waals surface area (Å²) in [6.07, 6.45) is -0.0719. The molecule has 6 nitrogen and oxygen atoms in total. The Morgan fingerprint density at radius 1 is 1.15 bits per heavy atom. The average Bonchev–Trinajstić information content (AvgIpc) is 2.44. The average molecular weight is 282 g/mol. The Labute approximate surface area is 116 Å². The Morgan fingerprint density at radius 2 is 1.70 bits per heavy atom.